The van der Waals surface area contributed by atoms with E-state index in [0.29, 0.717) is 21.5 Å². The Bertz CT molecular complexity index is 1100. The van der Waals surface area contributed by atoms with E-state index in [1.165, 1.54) is 27.8 Å². The number of hydrogen-bond donors (Lipinski definition) is 3. The van der Waals surface area contributed by atoms with Crippen molar-refractivity contribution < 1.29 is 9.59 Å². The lowest BCUT2D eigenvalue weighted by Gasteiger charge is -2.11. The monoisotopic (exact) mass is 442 g/mol. The minimum Gasteiger partial charge on any atom is -0.365 e. The molecule has 10 heteroatoms. The predicted molar refractivity (Wildman–Crippen MR) is 119 cm³/mol. The van der Waals surface area contributed by atoms with Crippen LogP contribution in [0.3, 0.4) is 0 Å². The molecule has 156 valence electrons. The molecular weight excluding hydrogens is 420 g/mol. The number of benzene rings is 1. The van der Waals surface area contributed by atoms with Crippen LogP contribution in [-0.2, 0) is 17.6 Å². The topological polar surface area (TPSA) is 129 Å². The molecule has 0 saturated carbocycles. The third-order valence-electron chi connectivity index (χ3n) is 4.98. The molecule has 4 rings (SSSR count). The second-order valence-electron chi connectivity index (χ2n) is 7.16. The molecule has 0 atom stereocenters. The first-order valence-electron chi connectivity index (χ1n) is 9.58. The molecular formula is C20H22N6O2S2. The van der Waals surface area contributed by atoms with Crippen LogP contribution in [0.25, 0.3) is 11.4 Å². The number of rotatable bonds is 6. The second kappa shape index (κ2) is 8.49. The summed E-state index contributed by atoms with van der Waals surface area (Å²) in [5, 5.41) is 12.0. The number of amides is 2. The Morgan fingerprint density at radius 2 is 1.93 bits per heavy atom. The maximum atomic E-state index is 12.5. The number of nitrogens with one attached hydrogen (secondary N) is 1. The van der Waals surface area contributed by atoms with E-state index in [4.69, 9.17) is 11.6 Å². The van der Waals surface area contributed by atoms with Crippen molar-refractivity contribution >= 4 is 39.9 Å². The molecule has 0 radical (unpaired) electrons. The van der Waals surface area contributed by atoms with Gasteiger partial charge in [-0.1, -0.05) is 41.6 Å². The lowest BCUT2D eigenvalue weighted by molar-refractivity contribution is -0.113. The Hall–Kier alpha value is -2.85. The number of nitrogen functional groups attached to an aromatic ring is 1. The van der Waals surface area contributed by atoms with Crippen LogP contribution in [0.5, 0.6) is 0 Å². The minimum atomic E-state index is -0.498. The minimum absolute atomic E-state index is 0.0873. The SMILES string of the molecule is Cc1ccc(-c2nnc(SCC(=O)Nc3sc4c(c3C(N)=O)CCCC4)n2N)cc1. The number of carbonyl (C=O) groups is 2. The van der Waals surface area contributed by atoms with E-state index in [9.17, 15) is 9.59 Å². The van der Waals surface area contributed by atoms with Gasteiger partial charge in [0.1, 0.15) is 5.00 Å². The van der Waals surface area contributed by atoms with Gasteiger partial charge >= 0.3 is 0 Å². The van der Waals surface area contributed by atoms with Crippen molar-refractivity contribution in [2.45, 2.75) is 37.8 Å². The first kappa shape index (κ1) is 20.4. The fraction of sp³-hybridized carbons (Fsp3) is 0.300. The maximum Gasteiger partial charge on any atom is 0.251 e. The number of thioether (sulfide) groups is 1. The van der Waals surface area contributed by atoms with Crippen LogP contribution < -0.4 is 16.9 Å². The van der Waals surface area contributed by atoms with Crippen LogP contribution in [0.1, 0.15) is 39.2 Å². The quantitative estimate of drug-likeness (QED) is 0.398. The molecule has 1 aliphatic carbocycles. The van der Waals surface area contributed by atoms with Gasteiger partial charge < -0.3 is 16.9 Å². The van der Waals surface area contributed by atoms with Crippen LogP contribution in [0.15, 0.2) is 29.4 Å². The molecule has 8 nitrogen and oxygen atoms in total. The largest absolute Gasteiger partial charge is 0.365 e. The Balaban J connectivity index is 1.44. The molecule has 30 heavy (non-hydrogen) atoms. The number of aromatic nitrogens is 3. The summed E-state index contributed by atoms with van der Waals surface area (Å²) in [4.78, 5) is 25.6. The summed E-state index contributed by atoms with van der Waals surface area (Å²) >= 11 is 2.63. The molecule has 3 aromatic rings. The Morgan fingerprint density at radius 3 is 2.67 bits per heavy atom. The van der Waals surface area contributed by atoms with Gasteiger partial charge in [-0.2, -0.15) is 0 Å². The van der Waals surface area contributed by atoms with Gasteiger partial charge in [0, 0.05) is 10.4 Å². The average Bonchev–Trinajstić information content (AvgIpc) is 3.27. The van der Waals surface area contributed by atoms with Gasteiger partial charge in [-0.3, -0.25) is 9.59 Å². The van der Waals surface area contributed by atoms with Gasteiger partial charge in [0.2, 0.25) is 11.1 Å². The number of carbonyl (C=O) groups excluding carboxylic acids is 2. The van der Waals surface area contributed by atoms with E-state index in [-0.39, 0.29) is 11.7 Å². The highest BCUT2D eigenvalue weighted by Gasteiger charge is 2.25. The summed E-state index contributed by atoms with van der Waals surface area (Å²) in [6.45, 7) is 2.00. The zero-order valence-electron chi connectivity index (χ0n) is 16.5. The molecule has 0 bridgehead atoms. The van der Waals surface area contributed by atoms with Gasteiger partial charge in [0.05, 0.1) is 11.3 Å². The van der Waals surface area contributed by atoms with Gasteiger partial charge in [-0.05, 0) is 38.2 Å². The molecule has 1 aromatic carbocycles. The van der Waals surface area contributed by atoms with Crippen molar-refractivity contribution in [2.24, 2.45) is 5.73 Å². The molecule has 5 N–H and O–H groups in total. The van der Waals surface area contributed by atoms with Crippen LogP contribution in [0, 0.1) is 6.92 Å². The Labute approximate surface area is 182 Å². The predicted octanol–water partition coefficient (Wildman–Crippen LogP) is 2.74. The third-order valence-corrected chi connectivity index (χ3v) is 7.13. The first-order chi connectivity index (χ1) is 14.4. The number of thiophene rings is 1. The molecule has 0 aliphatic heterocycles. The van der Waals surface area contributed by atoms with E-state index >= 15 is 0 Å². The van der Waals surface area contributed by atoms with E-state index < -0.39 is 5.91 Å². The summed E-state index contributed by atoms with van der Waals surface area (Å²) in [7, 11) is 0. The number of aryl methyl sites for hydroxylation is 2. The Morgan fingerprint density at radius 1 is 1.20 bits per heavy atom. The lowest BCUT2D eigenvalue weighted by Crippen LogP contribution is -2.20. The molecule has 0 saturated heterocycles. The number of fused-ring (bicyclic) bond motifs is 1. The normalized spacial score (nSPS) is 13.1. The zero-order valence-corrected chi connectivity index (χ0v) is 18.1. The second-order valence-corrected chi connectivity index (χ2v) is 9.21. The van der Waals surface area contributed by atoms with E-state index in [0.717, 1.165) is 47.3 Å². The highest BCUT2D eigenvalue weighted by atomic mass is 32.2. The number of nitrogens with two attached hydrogens (primary N) is 2. The van der Waals surface area contributed by atoms with Crippen molar-refractivity contribution in [3.63, 3.8) is 0 Å². The van der Waals surface area contributed by atoms with Crippen molar-refractivity contribution in [3.8, 4) is 11.4 Å². The molecule has 0 unspecified atom stereocenters. The fourth-order valence-electron chi connectivity index (χ4n) is 3.48. The first-order valence-corrected chi connectivity index (χ1v) is 11.4. The van der Waals surface area contributed by atoms with Gasteiger partial charge in [-0.15, -0.1) is 21.5 Å². The van der Waals surface area contributed by atoms with Crippen LogP contribution in [0.4, 0.5) is 5.00 Å². The molecule has 2 aromatic heterocycles. The molecule has 2 heterocycles. The molecule has 0 spiro atoms. The molecule has 1 aliphatic rings. The summed E-state index contributed by atoms with van der Waals surface area (Å²) in [6.07, 6.45) is 3.86. The van der Waals surface area contributed by atoms with Crippen LogP contribution >= 0.6 is 23.1 Å². The van der Waals surface area contributed by atoms with Gasteiger partial charge in [-0.25, -0.2) is 4.68 Å². The van der Waals surface area contributed by atoms with E-state index in [2.05, 4.69) is 15.5 Å². The maximum absolute atomic E-state index is 12.5. The number of nitrogens with zero attached hydrogens (tertiary/aromatic N) is 3. The van der Waals surface area contributed by atoms with Crippen molar-refractivity contribution in [1.82, 2.24) is 14.9 Å². The van der Waals surface area contributed by atoms with Crippen molar-refractivity contribution in [2.75, 3.05) is 16.9 Å². The molecule has 2 amide bonds. The average molecular weight is 443 g/mol. The van der Waals surface area contributed by atoms with Crippen LogP contribution in [-0.4, -0.2) is 32.4 Å². The van der Waals surface area contributed by atoms with Crippen LogP contribution in [0.2, 0.25) is 0 Å². The molecule has 0 fully saturated rings. The summed E-state index contributed by atoms with van der Waals surface area (Å²) in [5.74, 6) is 5.99. The number of hydrogen-bond acceptors (Lipinski definition) is 7. The van der Waals surface area contributed by atoms with Gasteiger partial charge in [0.15, 0.2) is 5.82 Å². The van der Waals surface area contributed by atoms with Gasteiger partial charge in [0.25, 0.3) is 5.91 Å². The number of primary amides is 1. The zero-order chi connectivity index (χ0) is 21.3. The standard InChI is InChI=1S/C20H22N6O2S2/c1-11-6-8-12(9-7-11)18-24-25-20(26(18)22)29-10-15(27)23-19-16(17(21)28)13-4-2-3-5-14(13)30-19/h6-9H,2-5,10,22H2,1H3,(H2,21,28)(H,23,27). The van der Waals surface area contributed by atoms with E-state index in [1.807, 2.05) is 31.2 Å². The lowest BCUT2D eigenvalue weighted by atomic mass is 9.95. The summed E-state index contributed by atoms with van der Waals surface area (Å²) in [5.41, 5.74) is 9.02. The summed E-state index contributed by atoms with van der Waals surface area (Å²) < 4.78 is 1.38. The highest BCUT2D eigenvalue weighted by Crippen LogP contribution is 2.38. The van der Waals surface area contributed by atoms with Crippen molar-refractivity contribution in [1.29, 1.82) is 0 Å². The third kappa shape index (κ3) is 4.05. The van der Waals surface area contributed by atoms with Crippen molar-refractivity contribution in [3.05, 3.63) is 45.8 Å². The van der Waals surface area contributed by atoms with E-state index in [1.54, 1.807) is 0 Å². The summed E-state index contributed by atoms with van der Waals surface area (Å²) in [6, 6.07) is 7.80. The Kier molecular flexibility index (Phi) is 5.78. The smallest absolute Gasteiger partial charge is 0.251 e. The fourth-order valence-corrected chi connectivity index (χ4v) is 5.45. The number of anilines is 1. The highest BCUT2D eigenvalue weighted by molar-refractivity contribution is 7.99.